The smallest absolute Gasteiger partial charge is 0.265 e. The number of hydrogen-bond acceptors (Lipinski definition) is 5. The lowest BCUT2D eigenvalue weighted by Crippen LogP contribution is -2.32. The molecule has 6 heteroatoms. The van der Waals surface area contributed by atoms with Gasteiger partial charge in [-0.25, -0.2) is 4.90 Å². The van der Waals surface area contributed by atoms with Gasteiger partial charge in [-0.1, -0.05) is 121 Å². The summed E-state index contributed by atoms with van der Waals surface area (Å²) in [6, 6.07) is 2.09. The van der Waals surface area contributed by atoms with Gasteiger partial charge >= 0.3 is 0 Å². The Morgan fingerprint density at radius 3 is 2.19 bits per heavy atom. The third kappa shape index (κ3) is 10.1. The van der Waals surface area contributed by atoms with Gasteiger partial charge < -0.3 is 4.90 Å². The first-order chi connectivity index (χ1) is 20.7. The number of amides is 2. The van der Waals surface area contributed by atoms with Crippen molar-refractivity contribution in [2.45, 2.75) is 113 Å². The predicted molar refractivity (Wildman–Crippen MR) is 183 cm³/mol. The molecule has 2 rings (SSSR count). The first-order valence-corrected chi connectivity index (χ1v) is 17.3. The summed E-state index contributed by atoms with van der Waals surface area (Å²) < 4.78 is 0. The molecule has 3 unspecified atom stereocenters. The van der Waals surface area contributed by atoms with Crippen LogP contribution < -0.4 is 0 Å². The molecule has 1 aliphatic heterocycles. The summed E-state index contributed by atoms with van der Waals surface area (Å²) in [6.45, 7) is 21.9. The van der Waals surface area contributed by atoms with E-state index in [-0.39, 0.29) is 11.6 Å². The van der Waals surface area contributed by atoms with E-state index >= 15 is 0 Å². The average Bonchev–Trinajstić information content (AvgIpc) is 3.28. The van der Waals surface area contributed by atoms with Crippen molar-refractivity contribution in [1.82, 2.24) is 9.80 Å². The van der Waals surface area contributed by atoms with Crippen molar-refractivity contribution >= 4 is 24.1 Å². The Hall–Kier alpha value is -2.78. The molecule has 2 aliphatic rings. The number of carbonyl (C=O) groups excluding carboxylic acids is 2. The quantitative estimate of drug-likeness (QED) is 0.108. The maximum Gasteiger partial charge on any atom is 0.265 e. The van der Waals surface area contributed by atoms with E-state index in [1.807, 2.05) is 13.0 Å². The third-order valence-electron chi connectivity index (χ3n) is 9.00. The second-order valence-electron chi connectivity index (χ2n) is 12.1. The topological polar surface area (TPSA) is 64.4 Å². The fourth-order valence-electron chi connectivity index (χ4n) is 5.88. The molecule has 43 heavy (non-hydrogen) atoms. The number of unbranched alkanes of at least 4 members (excludes halogenated alkanes) is 2. The minimum absolute atomic E-state index is 0.135. The minimum Gasteiger partial charge on any atom is -0.366 e. The summed E-state index contributed by atoms with van der Waals surface area (Å²) in [5, 5.41) is 10.8. The molecule has 5 nitrogen and oxygen atoms in total. The minimum atomic E-state index is -0.428. The van der Waals surface area contributed by atoms with Crippen molar-refractivity contribution in [2.24, 2.45) is 17.8 Å². The molecule has 0 radical (unpaired) electrons. The summed E-state index contributed by atoms with van der Waals surface area (Å²) in [6.07, 6.45) is 20.0. The molecule has 0 bridgehead atoms. The lowest BCUT2D eigenvalue weighted by Gasteiger charge is -2.34. The second kappa shape index (κ2) is 18.8. The van der Waals surface area contributed by atoms with Crippen LogP contribution in [0.25, 0.3) is 0 Å². The van der Waals surface area contributed by atoms with E-state index < -0.39 is 5.91 Å². The monoisotopic (exact) mass is 605 g/mol. The molecule has 0 aromatic heterocycles. The summed E-state index contributed by atoms with van der Waals surface area (Å²) in [4.78, 5) is 29.6. The maximum atomic E-state index is 13.4. The SMILES string of the molecule is C=C(SC(/C=C1\C(=O)N(C=O)C(C#N)=C1CC)=C(\C)C1C=CC(C)=CC1)N(CC(CC)CCCC)CC(CC)CCCC. The van der Waals surface area contributed by atoms with Crippen LogP contribution in [-0.4, -0.2) is 35.2 Å². The van der Waals surface area contributed by atoms with Gasteiger partial charge in [0.2, 0.25) is 6.41 Å². The van der Waals surface area contributed by atoms with Crippen LogP contribution in [0, 0.1) is 29.1 Å². The fourth-order valence-corrected chi connectivity index (χ4v) is 6.90. The van der Waals surface area contributed by atoms with Gasteiger partial charge in [-0.3, -0.25) is 9.59 Å². The van der Waals surface area contributed by atoms with Gasteiger partial charge in [0.1, 0.15) is 11.8 Å². The van der Waals surface area contributed by atoms with Crippen LogP contribution in [0.15, 0.2) is 68.8 Å². The molecular formula is C37H55N3O2S. The Bertz CT molecular complexity index is 1160. The molecular weight excluding hydrogens is 550 g/mol. The summed E-state index contributed by atoms with van der Waals surface area (Å²) in [7, 11) is 0. The highest BCUT2D eigenvalue weighted by Crippen LogP contribution is 2.40. The number of thioether (sulfide) groups is 1. The van der Waals surface area contributed by atoms with E-state index in [0.29, 0.717) is 35.8 Å². The summed E-state index contributed by atoms with van der Waals surface area (Å²) >= 11 is 1.64. The zero-order valence-electron chi connectivity index (χ0n) is 27.9. The average molecular weight is 606 g/mol. The van der Waals surface area contributed by atoms with Gasteiger partial charge in [-0.2, -0.15) is 5.26 Å². The fraction of sp³-hybridized carbons (Fsp3) is 0.595. The zero-order valence-corrected chi connectivity index (χ0v) is 28.7. The second-order valence-corrected chi connectivity index (χ2v) is 13.2. The van der Waals surface area contributed by atoms with Crippen LogP contribution in [0.4, 0.5) is 0 Å². The van der Waals surface area contributed by atoms with Crippen LogP contribution in [0.1, 0.15) is 113 Å². The van der Waals surface area contributed by atoms with Gasteiger partial charge in [0.05, 0.1) is 5.03 Å². The Labute approximate surface area is 266 Å². The van der Waals surface area contributed by atoms with Crippen molar-refractivity contribution < 1.29 is 9.59 Å². The number of allylic oxidation sites excluding steroid dienone is 7. The molecule has 236 valence electrons. The molecule has 0 fully saturated rings. The van der Waals surface area contributed by atoms with Crippen molar-refractivity contribution in [3.05, 3.63) is 68.8 Å². The lowest BCUT2D eigenvalue weighted by atomic mass is 9.90. The molecule has 0 saturated carbocycles. The third-order valence-corrected chi connectivity index (χ3v) is 10.1. The number of hydrogen-bond donors (Lipinski definition) is 0. The molecule has 3 atom stereocenters. The standard InChI is InChI=1S/C37H55N3O2S/c1-9-14-16-30(11-3)24-39(25-31(12-4)17-15-10-2)29(8)43-36(28(7)32-20-18-27(6)19-21-32)22-34-33(13-5)35(23-38)40(26-41)37(34)42/h18-20,22,26,30-32H,8-17,21,24-25H2,1-7H3/b34-22-,36-28+. The maximum absolute atomic E-state index is 13.4. The highest BCUT2D eigenvalue weighted by atomic mass is 32.2. The zero-order chi connectivity index (χ0) is 31.9. The number of nitrogens with zero attached hydrogens (tertiary/aromatic N) is 3. The molecule has 0 saturated heterocycles. The van der Waals surface area contributed by atoms with Crippen LogP contribution in [0.3, 0.4) is 0 Å². The number of carbonyl (C=O) groups is 2. The van der Waals surface area contributed by atoms with Crippen molar-refractivity contribution in [1.29, 1.82) is 5.26 Å². The first kappa shape index (κ1) is 36.4. The molecule has 2 amide bonds. The van der Waals surface area contributed by atoms with Gasteiger partial charge in [-0.05, 0) is 63.0 Å². The molecule has 1 aliphatic carbocycles. The van der Waals surface area contributed by atoms with E-state index in [1.54, 1.807) is 11.8 Å². The molecule has 1 heterocycles. The summed E-state index contributed by atoms with van der Waals surface area (Å²) in [5.41, 5.74) is 3.61. The molecule has 0 aromatic rings. The van der Waals surface area contributed by atoms with Crippen LogP contribution in [0.5, 0.6) is 0 Å². The summed E-state index contributed by atoms with van der Waals surface area (Å²) in [5.74, 6) is 0.983. The van der Waals surface area contributed by atoms with E-state index in [2.05, 4.69) is 77.3 Å². The molecule has 0 spiro atoms. The van der Waals surface area contributed by atoms with E-state index in [0.717, 1.165) is 47.2 Å². The Kier molecular flexibility index (Phi) is 15.9. The highest BCUT2D eigenvalue weighted by molar-refractivity contribution is 8.06. The van der Waals surface area contributed by atoms with E-state index in [9.17, 15) is 14.9 Å². The van der Waals surface area contributed by atoms with E-state index in [1.165, 1.54) is 49.7 Å². The van der Waals surface area contributed by atoms with Gasteiger partial charge in [0, 0.05) is 29.5 Å². The van der Waals surface area contributed by atoms with Gasteiger partial charge in [-0.15, -0.1) is 0 Å². The van der Waals surface area contributed by atoms with Gasteiger partial charge in [0.15, 0.2) is 0 Å². The Morgan fingerprint density at radius 2 is 1.74 bits per heavy atom. The number of rotatable bonds is 19. The lowest BCUT2D eigenvalue weighted by molar-refractivity contribution is -0.131. The van der Waals surface area contributed by atoms with E-state index in [4.69, 9.17) is 0 Å². The number of imide groups is 1. The Morgan fingerprint density at radius 1 is 1.14 bits per heavy atom. The van der Waals surface area contributed by atoms with Crippen molar-refractivity contribution in [2.75, 3.05) is 13.1 Å². The van der Waals surface area contributed by atoms with Gasteiger partial charge in [0.25, 0.3) is 5.91 Å². The van der Waals surface area contributed by atoms with Crippen LogP contribution >= 0.6 is 11.8 Å². The normalized spacial score (nSPS) is 19.7. The number of nitriles is 1. The first-order valence-electron chi connectivity index (χ1n) is 16.5. The molecule has 0 N–H and O–H groups in total. The van der Waals surface area contributed by atoms with Crippen molar-refractivity contribution in [3.8, 4) is 6.07 Å². The Balaban J connectivity index is 2.58. The van der Waals surface area contributed by atoms with Crippen LogP contribution in [-0.2, 0) is 9.59 Å². The largest absolute Gasteiger partial charge is 0.366 e. The van der Waals surface area contributed by atoms with Crippen molar-refractivity contribution in [3.63, 3.8) is 0 Å². The van der Waals surface area contributed by atoms with Crippen LogP contribution in [0.2, 0.25) is 0 Å². The predicted octanol–water partition coefficient (Wildman–Crippen LogP) is 9.83. The highest BCUT2D eigenvalue weighted by Gasteiger charge is 2.35. The molecule has 0 aromatic carbocycles.